The third-order valence-electron chi connectivity index (χ3n) is 4.32. The van der Waals surface area contributed by atoms with Gasteiger partial charge >= 0.3 is 0 Å². The summed E-state index contributed by atoms with van der Waals surface area (Å²) in [6.07, 6.45) is 3.40. The molecule has 0 aliphatic rings. The molecule has 0 aliphatic heterocycles. The molecule has 0 saturated heterocycles. The Balaban J connectivity index is 2.14. The zero-order valence-corrected chi connectivity index (χ0v) is 19.7. The molecular formula is C22H22BrN3O4S. The van der Waals surface area contributed by atoms with Crippen molar-refractivity contribution in [1.82, 2.24) is 4.68 Å². The maximum absolute atomic E-state index is 10.0. The summed E-state index contributed by atoms with van der Waals surface area (Å²) in [5, 5.41) is 16.7. The van der Waals surface area contributed by atoms with E-state index in [1.807, 2.05) is 23.6 Å². The molecule has 0 amide bonds. The van der Waals surface area contributed by atoms with Crippen molar-refractivity contribution in [2.45, 2.75) is 0 Å². The highest BCUT2D eigenvalue weighted by Gasteiger charge is 2.14. The van der Waals surface area contributed by atoms with Crippen molar-refractivity contribution in [2.24, 2.45) is 10.1 Å². The molecule has 1 heterocycles. The number of methoxy groups -OCH3 is 3. The number of nitrogens with zero attached hydrogens (tertiary/aromatic N) is 3. The van der Waals surface area contributed by atoms with Crippen molar-refractivity contribution < 1.29 is 19.3 Å². The quantitative estimate of drug-likeness (QED) is 0.357. The van der Waals surface area contributed by atoms with E-state index in [0.29, 0.717) is 33.1 Å². The second-order valence-electron chi connectivity index (χ2n) is 6.21. The number of hydrogen-bond acceptors (Lipinski definition) is 7. The van der Waals surface area contributed by atoms with Crippen molar-refractivity contribution in [3.8, 4) is 34.3 Å². The van der Waals surface area contributed by atoms with E-state index in [4.69, 9.17) is 14.2 Å². The fraction of sp³-hybridized carbons (Fsp3) is 0.182. The molecule has 9 heteroatoms. The minimum atomic E-state index is 0.0353. The molecule has 0 bridgehead atoms. The van der Waals surface area contributed by atoms with E-state index in [1.54, 1.807) is 43.3 Å². The van der Waals surface area contributed by atoms with Gasteiger partial charge in [0.2, 0.25) is 4.80 Å². The van der Waals surface area contributed by atoms with Gasteiger partial charge in [0, 0.05) is 17.0 Å². The number of ether oxygens (including phenoxy) is 3. The Morgan fingerprint density at radius 3 is 2.58 bits per heavy atom. The summed E-state index contributed by atoms with van der Waals surface area (Å²) in [6.45, 7) is 4.20. The molecule has 162 valence electrons. The molecule has 0 unspecified atom stereocenters. The van der Waals surface area contributed by atoms with Gasteiger partial charge in [0.05, 0.1) is 44.3 Å². The summed E-state index contributed by atoms with van der Waals surface area (Å²) in [5.41, 5.74) is 2.40. The third-order valence-corrected chi connectivity index (χ3v) is 5.78. The predicted octanol–water partition coefficient (Wildman–Crippen LogP) is 4.68. The van der Waals surface area contributed by atoms with Gasteiger partial charge in [-0.1, -0.05) is 6.08 Å². The summed E-state index contributed by atoms with van der Waals surface area (Å²) >= 11 is 4.80. The Hall–Kier alpha value is -3.04. The van der Waals surface area contributed by atoms with Crippen molar-refractivity contribution in [3.05, 3.63) is 63.2 Å². The lowest BCUT2D eigenvalue weighted by atomic mass is 10.1. The molecule has 2 aromatic carbocycles. The lowest BCUT2D eigenvalue weighted by molar-refractivity contribution is 0.372. The topological polar surface area (TPSA) is 77.6 Å². The first-order valence-corrected chi connectivity index (χ1v) is 10.8. The second kappa shape index (κ2) is 10.3. The van der Waals surface area contributed by atoms with Crippen LogP contribution in [0.1, 0.15) is 5.56 Å². The van der Waals surface area contributed by atoms with Crippen molar-refractivity contribution in [3.63, 3.8) is 0 Å². The van der Waals surface area contributed by atoms with Crippen LogP contribution in [0.15, 0.2) is 62.9 Å². The molecule has 7 nitrogen and oxygen atoms in total. The minimum absolute atomic E-state index is 0.0353. The highest BCUT2D eigenvalue weighted by atomic mass is 79.9. The van der Waals surface area contributed by atoms with Crippen LogP contribution in [0.3, 0.4) is 0 Å². The SMILES string of the molecule is C=CCN=c1scc(-c2ccc(OC)cc2OC)n1N=Cc1cc(Br)c(O)c(OC)c1. The number of halogens is 1. The molecule has 0 fully saturated rings. The summed E-state index contributed by atoms with van der Waals surface area (Å²) in [5.74, 6) is 1.74. The van der Waals surface area contributed by atoms with Gasteiger partial charge in [-0.3, -0.25) is 4.99 Å². The smallest absolute Gasteiger partial charge is 0.206 e. The fourth-order valence-electron chi connectivity index (χ4n) is 2.81. The fourth-order valence-corrected chi connectivity index (χ4v) is 4.10. The van der Waals surface area contributed by atoms with E-state index in [2.05, 4.69) is 32.6 Å². The average molecular weight is 504 g/mol. The van der Waals surface area contributed by atoms with E-state index in [9.17, 15) is 5.11 Å². The van der Waals surface area contributed by atoms with Crippen LogP contribution >= 0.6 is 27.3 Å². The van der Waals surface area contributed by atoms with Crippen LogP contribution in [0, 0.1) is 0 Å². The number of thiazole rings is 1. The molecule has 1 N–H and O–H groups in total. The van der Waals surface area contributed by atoms with Crippen molar-refractivity contribution in [2.75, 3.05) is 27.9 Å². The number of hydrogen-bond donors (Lipinski definition) is 1. The number of phenolic OH excluding ortho intramolecular Hbond substituents is 1. The van der Waals surface area contributed by atoms with Gasteiger partial charge in [-0.2, -0.15) is 5.10 Å². The third kappa shape index (κ3) is 5.00. The molecule has 3 rings (SSSR count). The van der Waals surface area contributed by atoms with Crippen LogP contribution < -0.4 is 19.0 Å². The number of benzene rings is 2. The summed E-state index contributed by atoms with van der Waals surface area (Å²) in [4.78, 5) is 5.25. The standard InChI is InChI=1S/C22H22BrN3O4S/c1-5-8-24-22-26(25-12-14-9-17(23)21(27)20(10-14)30-4)18(13-31-22)16-7-6-15(28-2)11-19(16)29-3/h5-7,9-13,27H,1,8H2,2-4H3. The largest absolute Gasteiger partial charge is 0.503 e. The maximum atomic E-state index is 10.0. The first-order chi connectivity index (χ1) is 15.0. The summed E-state index contributed by atoms with van der Waals surface area (Å²) < 4.78 is 18.3. The van der Waals surface area contributed by atoms with Gasteiger partial charge in [0.1, 0.15) is 11.5 Å². The summed E-state index contributed by atoms with van der Waals surface area (Å²) in [7, 11) is 4.72. The van der Waals surface area contributed by atoms with E-state index in [0.717, 1.165) is 16.8 Å². The molecule has 0 saturated carbocycles. The van der Waals surface area contributed by atoms with E-state index in [-0.39, 0.29) is 5.75 Å². The molecule has 3 aromatic rings. The van der Waals surface area contributed by atoms with Gasteiger partial charge in [0.25, 0.3) is 0 Å². The maximum Gasteiger partial charge on any atom is 0.206 e. The minimum Gasteiger partial charge on any atom is -0.503 e. The Kier molecular flexibility index (Phi) is 7.54. The Bertz CT molecular complexity index is 1180. The molecular weight excluding hydrogens is 482 g/mol. The second-order valence-corrected chi connectivity index (χ2v) is 7.90. The lowest BCUT2D eigenvalue weighted by Gasteiger charge is -2.11. The zero-order valence-electron chi connectivity index (χ0n) is 17.3. The molecule has 0 atom stereocenters. The predicted molar refractivity (Wildman–Crippen MR) is 127 cm³/mol. The van der Waals surface area contributed by atoms with E-state index in [1.165, 1.54) is 18.4 Å². The molecule has 0 spiro atoms. The van der Waals surface area contributed by atoms with Gasteiger partial charge in [-0.25, -0.2) is 4.68 Å². The Morgan fingerprint density at radius 2 is 1.90 bits per heavy atom. The van der Waals surface area contributed by atoms with E-state index >= 15 is 0 Å². The molecule has 0 radical (unpaired) electrons. The van der Waals surface area contributed by atoms with Gasteiger partial charge in [-0.15, -0.1) is 17.9 Å². The zero-order chi connectivity index (χ0) is 22.4. The highest BCUT2D eigenvalue weighted by Crippen LogP contribution is 2.35. The number of phenols is 1. The van der Waals surface area contributed by atoms with Crippen LogP contribution in [-0.4, -0.2) is 43.9 Å². The van der Waals surface area contributed by atoms with Crippen LogP contribution in [0.25, 0.3) is 11.3 Å². The number of aromatic hydroxyl groups is 1. The first kappa shape index (κ1) is 22.6. The van der Waals surface area contributed by atoms with Crippen LogP contribution in [-0.2, 0) is 0 Å². The lowest BCUT2D eigenvalue weighted by Crippen LogP contribution is -2.12. The van der Waals surface area contributed by atoms with Crippen LogP contribution in [0.2, 0.25) is 0 Å². The monoisotopic (exact) mass is 503 g/mol. The summed E-state index contributed by atoms with van der Waals surface area (Å²) in [6, 6.07) is 9.06. The van der Waals surface area contributed by atoms with Gasteiger partial charge in [-0.05, 0) is 45.8 Å². The van der Waals surface area contributed by atoms with Crippen molar-refractivity contribution in [1.29, 1.82) is 0 Å². The van der Waals surface area contributed by atoms with Gasteiger partial charge in [0.15, 0.2) is 11.5 Å². The first-order valence-electron chi connectivity index (χ1n) is 9.17. The number of rotatable bonds is 8. The van der Waals surface area contributed by atoms with Gasteiger partial charge < -0.3 is 19.3 Å². The van der Waals surface area contributed by atoms with Crippen LogP contribution in [0.5, 0.6) is 23.0 Å². The normalized spacial score (nSPS) is 11.7. The molecule has 1 aromatic heterocycles. The number of aromatic nitrogens is 1. The highest BCUT2D eigenvalue weighted by molar-refractivity contribution is 9.10. The molecule has 0 aliphatic carbocycles. The Morgan fingerprint density at radius 1 is 1.13 bits per heavy atom. The van der Waals surface area contributed by atoms with Crippen LogP contribution in [0.4, 0.5) is 0 Å². The van der Waals surface area contributed by atoms with E-state index < -0.39 is 0 Å². The Labute approximate surface area is 192 Å². The molecule has 31 heavy (non-hydrogen) atoms. The van der Waals surface area contributed by atoms with Crippen molar-refractivity contribution >= 4 is 33.5 Å². The average Bonchev–Trinajstić information content (AvgIpc) is 3.20.